The van der Waals surface area contributed by atoms with E-state index < -0.39 is 16.1 Å². The second-order valence-electron chi connectivity index (χ2n) is 6.59. The van der Waals surface area contributed by atoms with Crippen molar-refractivity contribution < 1.29 is 13.2 Å². The van der Waals surface area contributed by atoms with Gasteiger partial charge in [-0.3, -0.25) is 4.79 Å². The third-order valence-electron chi connectivity index (χ3n) is 4.92. The van der Waals surface area contributed by atoms with Gasteiger partial charge in [0, 0.05) is 32.6 Å². The second kappa shape index (κ2) is 5.90. The number of hydrogen-bond acceptors (Lipinski definition) is 4. The highest BCUT2D eigenvalue weighted by Crippen LogP contribution is 2.33. The van der Waals surface area contributed by atoms with E-state index in [-0.39, 0.29) is 11.9 Å². The molecular weight excluding hydrogens is 316 g/mol. The van der Waals surface area contributed by atoms with Gasteiger partial charge in [0.25, 0.3) is 0 Å². The van der Waals surface area contributed by atoms with E-state index in [0.29, 0.717) is 25.2 Å². The number of carbonyl (C=O) groups excluding carboxylic acids is 1. The Balaban J connectivity index is 2.04. The monoisotopic (exact) mass is 340 g/mol. The molecule has 2 unspecified atom stereocenters. The highest BCUT2D eigenvalue weighted by atomic mass is 32.2. The number of aromatic nitrogens is 2. The average Bonchev–Trinajstić information content (AvgIpc) is 2.87. The molecule has 8 heteroatoms. The van der Waals surface area contributed by atoms with Gasteiger partial charge in [-0.1, -0.05) is 0 Å². The number of piperidine rings is 1. The third-order valence-corrected chi connectivity index (χ3v) is 6.17. The Hall–Kier alpha value is -1.41. The lowest BCUT2D eigenvalue weighted by molar-refractivity contribution is -0.139. The summed E-state index contributed by atoms with van der Waals surface area (Å²) in [6.07, 6.45) is 6.44. The van der Waals surface area contributed by atoms with Crippen LogP contribution in [0.2, 0.25) is 0 Å². The molecule has 1 fully saturated rings. The van der Waals surface area contributed by atoms with E-state index in [4.69, 9.17) is 0 Å². The van der Waals surface area contributed by atoms with Crippen molar-refractivity contribution in [1.82, 2.24) is 18.8 Å². The Morgan fingerprint density at radius 1 is 1.30 bits per heavy atom. The van der Waals surface area contributed by atoms with Gasteiger partial charge in [-0.2, -0.15) is 4.31 Å². The summed E-state index contributed by atoms with van der Waals surface area (Å²) in [6.45, 7) is 3.04. The summed E-state index contributed by atoms with van der Waals surface area (Å²) in [5, 5.41) is 0. The van der Waals surface area contributed by atoms with Crippen molar-refractivity contribution in [2.45, 2.75) is 44.7 Å². The minimum atomic E-state index is -3.47. The maximum atomic E-state index is 13.2. The Labute approximate surface area is 137 Å². The number of aryl methyl sites for hydroxylation is 1. The van der Waals surface area contributed by atoms with Crippen molar-refractivity contribution in [1.29, 1.82) is 0 Å². The first-order valence-corrected chi connectivity index (χ1v) is 9.93. The molecule has 0 radical (unpaired) electrons. The van der Waals surface area contributed by atoms with Crippen LogP contribution in [-0.2, 0) is 28.3 Å². The lowest BCUT2D eigenvalue weighted by atomic mass is 9.99. The van der Waals surface area contributed by atoms with Crippen LogP contribution >= 0.6 is 0 Å². The van der Waals surface area contributed by atoms with Gasteiger partial charge in [-0.15, -0.1) is 0 Å². The van der Waals surface area contributed by atoms with E-state index in [0.717, 1.165) is 25.0 Å². The van der Waals surface area contributed by atoms with Crippen LogP contribution in [0.3, 0.4) is 0 Å². The number of rotatable bonds is 2. The molecule has 0 aliphatic carbocycles. The first kappa shape index (κ1) is 16.4. The van der Waals surface area contributed by atoms with Crippen LogP contribution in [-0.4, -0.2) is 58.5 Å². The molecule has 0 bridgehead atoms. The largest absolute Gasteiger partial charge is 0.338 e. The molecule has 2 atom stereocenters. The fraction of sp³-hybridized carbons (Fsp3) is 0.733. The summed E-state index contributed by atoms with van der Waals surface area (Å²) in [4.78, 5) is 19.4. The SMILES string of the molecule is CC1CCCCN1C(=O)C1c2c(ncn2C)CCN1S(C)(=O)=O. The van der Waals surface area contributed by atoms with Gasteiger partial charge in [0.2, 0.25) is 15.9 Å². The topological polar surface area (TPSA) is 75.5 Å². The molecule has 2 aliphatic rings. The van der Waals surface area contributed by atoms with Crippen molar-refractivity contribution in [3.8, 4) is 0 Å². The van der Waals surface area contributed by atoms with E-state index in [1.165, 1.54) is 10.6 Å². The first-order valence-electron chi connectivity index (χ1n) is 8.08. The Bertz CT molecular complexity index is 712. The number of amides is 1. The van der Waals surface area contributed by atoms with Crippen LogP contribution in [0.1, 0.15) is 43.6 Å². The predicted molar refractivity (Wildman–Crippen MR) is 86.2 cm³/mol. The lowest BCUT2D eigenvalue weighted by Crippen LogP contribution is -2.52. The number of hydrogen-bond donors (Lipinski definition) is 0. The Morgan fingerprint density at radius 3 is 2.70 bits per heavy atom. The molecule has 3 rings (SSSR count). The Kier molecular flexibility index (Phi) is 4.22. The summed E-state index contributed by atoms with van der Waals surface area (Å²) in [7, 11) is -1.65. The molecular formula is C15H24N4O3S. The first-order chi connectivity index (χ1) is 10.8. The smallest absolute Gasteiger partial charge is 0.247 e. The van der Waals surface area contributed by atoms with Gasteiger partial charge < -0.3 is 9.47 Å². The van der Waals surface area contributed by atoms with Crippen LogP contribution in [0.15, 0.2) is 6.33 Å². The van der Waals surface area contributed by atoms with Crippen LogP contribution in [0.5, 0.6) is 0 Å². The number of carbonyl (C=O) groups is 1. The van der Waals surface area contributed by atoms with E-state index in [2.05, 4.69) is 4.98 Å². The molecule has 2 aliphatic heterocycles. The molecule has 0 aromatic carbocycles. The average molecular weight is 340 g/mol. The van der Waals surface area contributed by atoms with Crippen LogP contribution in [0, 0.1) is 0 Å². The summed E-state index contributed by atoms with van der Waals surface area (Å²) in [5.41, 5.74) is 1.54. The minimum absolute atomic E-state index is 0.118. The number of imidazole rings is 1. The Morgan fingerprint density at radius 2 is 2.04 bits per heavy atom. The zero-order valence-electron chi connectivity index (χ0n) is 13.9. The fourth-order valence-corrected chi connectivity index (χ4v) is 4.69. The van der Waals surface area contributed by atoms with Gasteiger partial charge in [0.05, 0.1) is 24.0 Å². The normalized spacial score (nSPS) is 26.1. The number of nitrogens with zero attached hydrogens (tertiary/aromatic N) is 4. The summed E-state index contributed by atoms with van der Waals surface area (Å²) in [6, 6.07) is -0.641. The van der Waals surface area contributed by atoms with E-state index in [1.54, 1.807) is 10.9 Å². The molecule has 128 valence electrons. The summed E-state index contributed by atoms with van der Waals surface area (Å²) >= 11 is 0. The second-order valence-corrected chi connectivity index (χ2v) is 8.53. The molecule has 0 N–H and O–H groups in total. The van der Waals surface area contributed by atoms with Crippen LogP contribution < -0.4 is 0 Å². The quantitative estimate of drug-likeness (QED) is 0.793. The van der Waals surface area contributed by atoms with Gasteiger partial charge in [-0.05, 0) is 26.2 Å². The van der Waals surface area contributed by atoms with Crippen molar-refractivity contribution >= 4 is 15.9 Å². The maximum Gasteiger partial charge on any atom is 0.247 e. The standard InChI is InChI=1S/C15H24N4O3S/c1-11-6-4-5-8-18(11)15(20)14-13-12(16-10-17(13)2)7-9-19(14)23(3,21)22/h10-11,14H,4-9H2,1-3H3. The number of likely N-dealkylation sites (tertiary alicyclic amines) is 1. The zero-order valence-corrected chi connectivity index (χ0v) is 14.7. The molecule has 7 nitrogen and oxygen atoms in total. The molecule has 1 aromatic rings. The van der Waals surface area contributed by atoms with E-state index in [1.807, 2.05) is 18.9 Å². The van der Waals surface area contributed by atoms with E-state index in [9.17, 15) is 13.2 Å². The van der Waals surface area contributed by atoms with Crippen molar-refractivity contribution in [2.24, 2.45) is 7.05 Å². The van der Waals surface area contributed by atoms with Crippen molar-refractivity contribution in [3.63, 3.8) is 0 Å². The van der Waals surface area contributed by atoms with Gasteiger partial charge in [0.15, 0.2) is 0 Å². The summed E-state index contributed by atoms with van der Waals surface area (Å²) in [5.74, 6) is -0.118. The van der Waals surface area contributed by atoms with Gasteiger partial charge in [0.1, 0.15) is 6.04 Å². The van der Waals surface area contributed by atoms with Gasteiger partial charge in [-0.25, -0.2) is 13.4 Å². The zero-order chi connectivity index (χ0) is 16.8. The predicted octanol–water partition coefficient (Wildman–Crippen LogP) is 0.680. The third kappa shape index (κ3) is 2.89. The number of sulfonamides is 1. The molecule has 3 heterocycles. The molecule has 0 saturated carbocycles. The van der Waals surface area contributed by atoms with Gasteiger partial charge >= 0.3 is 0 Å². The minimum Gasteiger partial charge on any atom is -0.338 e. The van der Waals surface area contributed by atoms with E-state index >= 15 is 0 Å². The molecule has 23 heavy (non-hydrogen) atoms. The molecule has 1 aromatic heterocycles. The number of fused-ring (bicyclic) bond motifs is 1. The molecule has 0 spiro atoms. The summed E-state index contributed by atoms with van der Waals surface area (Å²) < 4.78 is 27.6. The van der Waals surface area contributed by atoms with Crippen LogP contribution in [0.25, 0.3) is 0 Å². The lowest BCUT2D eigenvalue weighted by Gasteiger charge is -2.40. The van der Waals surface area contributed by atoms with Crippen molar-refractivity contribution in [3.05, 3.63) is 17.7 Å². The maximum absolute atomic E-state index is 13.2. The highest BCUT2D eigenvalue weighted by molar-refractivity contribution is 7.88. The van der Waals surface area contributed by atoms with Crippen LogP contribution in [0.4, 0.5) is 0 Å². The molecule has 1 amide bonds. The molecule has 1 saturated heterocycles. The highest BCUT2D eigenvalue weighted by Gasteiger charge is 2.43. The fourth-order valence-electron chi connectivity index (χ4n) is 3.69. The van der Waals surface area contributed by atoms with Crippen molar-refractivity contribution in [2.75, 3.05) is 19.3 Å².